The highest BCUT2D eigenvalue weighted by atomic mass is 16.3. The van der Waals surface area contributed by atoms with Crippen molar-refractivity contribution in [3.05, 3.63) is 78.3 Å². The number of hydrogen-bond acceptors (Lipinski definition) is 4. The number of furan rings is 1. The Morgan fingerprint density at radius 3 is 2.81 bits per heavy atom. The van der Waals surface area contributed by atoms with Crippen molar-refractivity contribution in [2.75, 3.05) is 13.1 Å². The van der Waals surface area contributed by atoms with E-state index in [1.54, 1.807) is 17.2 Å². The van der Waals surface area contributed by atoms with Crippen molar-refractivity contribution in [3.63, 3.8) is 0 Å². The first-order valence-corrected chi connectivity index (χ1v) is 8.91. The molecule has 2 aliphatic rings. The summed E-state index contributed by atoms with van der Waals surface area (Å²) in [5.41, 5.74) is 2.03. The van der Waals surface area contributed by atoms with E-state index in [4.69, 9.17) is 4.42 Å². The largest absolute Gasteiger partial charge is 0.472 e. The molecule has 3 aromatic heterocycles. The molecule has 5 rings (SSSR count). The van der Waals surface area contributed by atoms with E-state index in [1.807, 2.05) is 46.0 Å². The summed E-state index contributed by atoms with van der Waals surface area (Å²) in [5, 5.41) is 0. The second kappa shape index (κ2) is 6.12. The molecule has 1 saturated heterocycles. The fraction of sp³-hybridized carbons (Fsp3) is 0.250. The van der Waals surface area contributed by atoms with Gasteiger partial charge in [-0.05, 0) is 30.3 Å². The summed E-state index contributed by atoms with van der Waals surface area (Å²) >= 11 is 0. The van der Waals surface area contributed by atoms with Gasteiger partial charge in [-0.3, -0.25) is 14.6 Å². The maximum absolute atomic E-state index is 13.1. The molecule has 2 amide bonds. The number of pyridine rings is 1. The van der Waals surface area contributed by atoms with Crippen molar-refractivity contribution in [2.45, 2.75) is 18.6 Å². The Balaban J connectivity index is 1.48. The van der Waals surface area contributed by atoms with E-state index in [0.29, 0.717) is 30.9 Å². The number of likely N-dealkylation sites (tertiary alicyclic amines) is 1. The van der Waals surface area contributed by atoms with Crippen LogP contribution in [-0.4, -0.2) is 50.3 Å². The minimum atomic E-state index is -0.0877. The van der Waals surface area contributed by atoms with Gasteiger partial charge >= 0.3 is 0 Å². The molecule has 136 valence electrons. The predicted molar refractivity (Wildman–Crippen MR) is 96.0 cm³/mol. The summed E-state index contributed by atoms with van der Waals surface area (Å²) < 4.78 is 7.05. The summed E-state index contributed by atoms with van der Waals surface area (Å²) in [5.74, 6) is -0.0957. The Morgan fingerprint density at radius 2 is 2.04 bits per heavy atom. The first-order valence-electron chi connectivity index (χ1n) is 8.91. The number of rotatable bonds is 3. The molecule has 1 fully saturated rings. The molecular weight excluding hydrogens is 344 g/mol. The average molecular weight is 362 g/mol. The van der Waals surface area contributed by atoms with Crippen molar-refractivity contribution >= 4 is 11.8 Å². The van der Waals surface area contributed by atoms with E-state index in [-0.39, 0.29) is 23.9 Å². The molecule has 0 N–H and O–H groups in total. The quantitative estimate of drug-likeness (QED) is 0.716. The smallest absolute Gasteiger partial charge is 0.271 e. The highest BCUT2D eigenvalue weighted by Gasteiger charge is 2.46. The summed E-state index contributed by atoms with van der Waals surface area (Å²) in [7, 11) is 0. The van der Waals surface area contributed by atoms with E-state index in [2.05, 4.69) is 4.98 Å². The van der Waals surface area contributed by atoms with Gasteiger partial charge in [0.25, 0.3) is 11.8 Å². The first-order chi connectivity index (χ1) is 13.2. The van der Waals surface area contributed by atoms with Crippen LogP contribution in [0.5, 0.6) is 0 Å². The molecule has 0 bridgehead atoms. The zero-order valence-electron chi connectivity index (χ0n) is 14.6. The second-order valence-electron chi connectivity index (χ2n) is 6.91. The zero-order chi connectivity index (χ0) is 18.4. The molecule has 3 aromatic rings. The summed E-state index contributed by atoms with van der Waals surface area (Å²) in [6.45, 7) is 1.48. The number of aromatic nitrogens is 2. The lowest BCUT2D eigenvalue weighted by Crippen LogP contribution is -2.50. The number of amides is 2. The van der Waals surface area contributed by atoms with E-state index in [9.17, 15) is 9.59 Å². The molecular formula is C20H18N4O3. The zero-order valence-corrected chi connectivity index (χ0v) is 14.6. The molecule has 0 saturated carbocycles. The van der Waals surface area contributed by atoms with E-state index >= 15 is 0 Å². The topological polar surface area (TPSA) is 71.6 Å². The van der Waals surface area contributed by atoms with Crippen LogP contribution in [0.4, 0.5) is 0 Å². The van der Waals surface area contributed by atoms with Gasteiger partial charge in [0.1, 0.15) is 12.0 Å². The van der Waals surface area contributed by atoms with Gasteiger partial charge in [0.2, 0.25) is 0 Å². The van der Waals surface area contributed by atoms with E-state index in [1.165, 1.54) is 12.5 Å². The van der Waals surface area contributed by atoms with Crippen molar-refractivity contribution in [1.82, 2.24) is 19.4 Å². The number of fused-ring (bicyclic) bond motifs is 3. The third-order valence-electron chi connectivity index (χ3n) is 5.39. The summed E-state index contributed by atoms with van der Waals surface area (Å²) in [6, 6.07) is 11.0. The Labute approximate surface area is 155 Å². The van der Waals surface area contributed by atoms with Crippen LogP contribution in [0.25, 0.3) is 0 Å². The minimum absolute atomic E-state index is 0.0236. The lowest BCUT2D eigenvalue weighted by molar-refractivity contribution is 0.0547. The van der Waals surface area contributed by atoms with Crippen LogP contribution < -0.4 is 0 Å². The monoisotopic (exact) mass is 362 g/mol. The maximum atomic E-state index is 13.1. The lowest BCUT2D eigenvalue weighted by atomic mass is 10.1. The first kappa shape index (κ1) is 15.9. The standard InChI is InChI=1S/C20H18N4O3/c25-19(14-6-9-27-13-14)22-11-17-18(12-22)24(10-15-4-1-2-7-21-15)20(26)16-5-3-8-23(16)17/h1-9,13,17-18H,10-12H2. The molecule has 0 radical (unpaired) electrons. The van der Waals surface area contributed by atoms with Gasteiger partial charge in [-0.2, -0.15) is 0 Å². The number of carbonyl (C=O) groups excluding carboxylic acids is 2. The normalized spacial score (nSPS) is 21.3. The van der Waals surface area contributed by atoms with Crippen molar-refractivity contribution < 1.29 is 14.0 Å². The van der Waals surface area contributed by atoms with Gasteiger partial charge in [0.15, 0.2) is 0 Å². The summed E-state index contributed by atoms with van der Waals surface area (Å²) in [4.78, 5) is 33.9. The van der Waals surface area contributed by atoms with Gasteiger partial charge in [0.05, 0.1) is 36.1 Å². The number of carbonyl (C=O) groups is 2. The third kappa shape index (κ3) is 2.54. The highest BCUT2D eigenvalue weighted by molar-refractivity contribution is 5.96. The van der Waals surface area contributed by atoms with Gasteiger partial charge in [-0.1, -0.05) is 6.07 Å². The molecule has 27 heavy (non-hydrogen) atoms. The SMILES string of the molecule is O=C(c1ccoc1)N1CC2C(C1)n1cccc1C(=O)N2Cc1ccccn1. The Kier molecular flexibility index (Phi) is 3.60. The highest BCUT2D eigenvalue weighted by Crippen LogP contribution is 2.35. The van der Waals surface area contributed by atoms with Crippen LogP contribution in [-0.2, 0) is 6.54 Å². The second-order valence-corrected chi connectivity index (χ2v) is 6.91. The van der Waals surface area contributed by atoms with Gasteiger partial charge in [-0.25, -0.2) is 0 Å². The fourth-order valence-electron chi connectivity index (χ4n) is 4.10. The Morgan fingerprint density at radius 1 is 1.15 bits per heavy atom. The van der Waals surface area contributed by atoms with Crippen LogP contribution in [0.2, 0.25) is 0 Å². The van der Waals surface area contributed by atoms with Crippen molar-refractivity contribution in [2.24, 2.45) is 0 Å². The molecule has 0 aromatic carbocycles. The van der Waals surface area contributed by atoms with Gasteiger partial charge in [-0.15, -0.1) is 0 Å². The number of nitrogens with zero attached hydrogens (tertiary/aromatic N) is 4. The van der Waals surface area contributed by atoms with Crippen LogP contribution in [0.1, 0.15) is 32.6 Å². The van der Waals surface area contributed by atoms with Crippen LogP contribution in [0.15, 0.2) is 65.7 Å². The minimum Gasteiger partial charge on any atom is -0.472 e. The van der Waals surface area contributed by atoms with Gasteiger partial charge < -0.3 is 18.8 Å². The average Bonchev–Trinajstić information content (AvgIpc) is 3.45. The molecule has 2 atom stereocenters. The van der Waals surface area contributed by atoms with E-state index < -0.39 is 0 Å². The fourth-order valence-corrected chi connectivity index (χ4v) is 4.10. The van der Waals surface area contributed by atoms with E-state index in [0.717, 1.165) is 5.69 Å². The molecule has 0 aliphatic carbocycles. The molecule has 7 nitrogen and oxygen atoms in total. The molecule has 7 heteroatoms. The Bertz CT molecular complexity index is 980. The van der Waals surface area contributed by atoms with Crippen LogP contribution in [0, 0.1) is 0 Å². The maximum Gasteiger partial charge on any atom is 0.271 e. The van der Waals surface area contributed by atoms with Crippen molar-refractivity contribution in [1.29, 1.82) is 0 Å². The molecule has 2 unspecified atom stereocenters. The Hall–Kier alpha value is -3.35. The molecule has 0 spiro atoms. The van der Waals surface area contributed by atoms with Crippen LogP contribution in [0.3, 0.4) is 0 Å². The molecule has 2 aliphatic heterocycles. The summed E-state index contributed by atoms with van der Waals surface area (Å²) in [6.07, 6.45) is 6.61. The molecule has 5 heterocycles. The van der Waals surface area contributed by atoms with Crippen molar-refractivity contribution in [3.8, 4) is 0 Å². The lowest BCUT2D eigenvalue weighted by Gasteiger charge is -2.37. The van der Waals surface area contributed by atoms with Gasteiger partial charge in [0, 0.05) is 25.5 Å². The predicted octanol–water partition coefficient (Wildman–Crippen LogP) is 2.20. The van der Waals surface area contributed by atoms with Crippen LogP contribution >= 0.6 is 0 Å². The number of hydrogen-bond donors (Lipinski definition) is 0. The third-order valence-corrected chi connectivity index (χ3v) is 5.39.